The number of nitrogens with one attached hydrogen (secondary N) is 1. The Bertz CT molecular complexity index is 458. The lowest BCUT2D eigenvalue weighted by Crippen LogP contribution is -2.51. The van der Waals surface area contributed by atoms with Crippen LogP contribution in [0.25, 0.3) is 0 Å². The molecule has 5 nitrogen and oxygen atoms in total. The summed E-state index contributed by atoms with van der Waals surface area (Å²) in [6, 6.07) is 5.57. The van der Waals surface area contributed by atoms with Gasteiger partial charge in [-0.2, -0.15) is 0 Å². The van der Waals surface area contributed by atoms with Crippen molar-refractivity contribution in [2.75, 3.05) is 13.2 Å². The molecule has 0 aromatic carbocycles. The average Bonchev–Trinajstić information content (AvgIpc) is 2.46. The van der Waals surface area contributed by atoms with E-state index in [2.05, 4.69) is 10.3 Å². The molecule has 0 unspecified atom stereocenters. The van der Waals surface area contributed by atoms with Crippen LogP contribution in [0.4, 0.5) is 0 Å². The number of rotatable bonds is 4. The molecule has 1 aliphatic heterocycles. The van der Waals surface area contributed by atoms with Crippen molar-refractivity contribution < 1.29 is 9.53 Å². The highest BCUT2D eigenvalue weighted by Crippen LogP contribution is 2.31. The average molecular weight is 279 g/mol. The fraction of sp³-hybridized carbons (Fsp3) is 0.462. The fourth-order valence-electron chi connectivity index (χ4n) is 2.15. The molecule has 0 atom stereocenters. The van der Waals surface area contributed by atoms with Crippen molar-refractivity contribution in [2.45, 2.75) is 19.4 Å². The van der Waals surface area contributed by atoms with Crippen molar-refractivity contribution in [3.05, 3.63) is 30.1 Å². The molecule has 3 N–H and O–H groups in total. The lowest BCUT2D eigenvalue weighted by Gasteiger charge is -2.34. The van der Waals surface area contributed by atoms with Gasteiger partial charge in [0.25, 0.3) is 0 Å². The number of carbonyl (C=O) groups is 1. The summed E-state index contributed by atoms with van der Waals surface area (Å²) in [5.41, 5.74) is 5.80. The number of amides is 1. The smallest absolute Gasteiger partial charge is 0.233 e. The molecule has 0 bridgehead atoms. The van der Waals surface area contributed by atoms with E-state index in [4.69, 9.17) is 22.7 Å². The molecule has 1 amide bonds. The van der Waals surface area contributed by atoms with E-state index in [1.807, 2.05) is 18.2 Å². The number of hydrogen-bond donors (Lipinski definition) is 2. The summed E-state index contributed by atoms with van der Waals surface area (Å²) in [4.78, 5) is 16.8. The predicted octanol–water partition coefficient (Wildman–Crippen LogP) is 0.781. The Morgan fingerprint density at radius 2 is 2.21 bits per heavy atom. The van der Waals surface area contributed by atoms with Gasteiger partial charge in [0.05, 0.1) is 17.2 Å². The molecule has 1 aromatic rings. The minimum absolute atomic E-state index is 0.131. The van der Waals surface area contributed by atoms with Gasteiger partial charge >= 0.3 is 0 Å². The summed E-state index contributed by atoms with van der Waals surface area (Å²) < 4.78 is 5.28. The van der Waals surface area contributed by atoms with E-state index in [0.29, 0.717) is 32.6 Å². The first kappa shape index (κ1) is 13.9. The maximum Gasteiger partial charge on any atom is 0.233 e. The molecule has 2 heterocycles. The largest absolute Gasteiger partial charge is 0.392 e. The molecule has 0 saturated carbocycles. The summed E-state index contributed by atoms with van der Waals surface area (Å²) in [5, 5.41) is 2.87. The lowest BCUT2D eigenvalue weighted by molar-refractivity contribution is -0.131. The third-order valence-corrected chi connectivity index (χ3v) is 3.80. The Hall–Kier alpha value is -1.53. The first-order valence-corrected chi connectivity index (χ1v) is 6.62. The first-order valence-electron chi connectivity index (χ1n) is 6.21. The number of nitrogens with two attached hydrogens (primary N) is 1. The molecular formula is C13H17N3O2S. The summed E-state index contributed by atoms with van der Waals surface area (Å²) >= 11 is 5.08. The van der Waals surface area contributed by atoms with Gasteiger partial charge in [-0.1, -0.05) is 18.3 Å². The zero-order chi connectivity index (χ0) is 13.7. The number of nitrogens with zero attached hydrogens (tertiary/aromatic N) is 1. The van der Waals surface area contributed by atoms with Crippen molar-refractivity contribution >= 4 is 23.1 Å². The summed E-state index contributed by atoms with van der Waals surface area (Å²) in [5.74, 6) is -0.131. The molecule has 102 valence electrons. The van der Waals surface area contributed by atoms with Crippen molar-refractivity contribution in [3.8, 4) is 0 Å². The molecule has 0 radical (unpaired) electrons. The fourth-order valence-corrected chi connectivity index (χ4v) is 2.44. The van der Waals surface area contributed by atoms with Gasteiger partial charge in [-0.15, -0.1) is 0 Å². The van der Waals surface area contributed by atoms with E-state index in [9.17, 15) is 4.79 Å². The molecule has 6 heteroatoms. The molecule has 0 spiro atoms. The van der Waals surface area contributed by atoms with Crippen molar-refractivity contribution in [2.24, 2.45) is 11.1 Å². The van der Waals surface area contributed by atoms with Crippen molar-refractivity contribution in [3.63, 3.8) is 0 Å². The third kappa shape index (κ3) is 3.08. The molecule has 1 aromatic heterocycles. The number of ether oxygens (including phenoxy) is 1. The number of thiocarbonyl (C=S) groups is 1. The monoisotopic (exact) mass is 279 g/mol. The molecule has 0 aliphatic carbocycles. The molecule has 1 saturated heterocycles. The van der Waals surface area contributed by atoms with E-state index in [1.54, 1.807) is 6.20 Å². The van der Waals surface area contributed by atoms with Gasteiger partial charge in [0.15, 0.2) is 0 Å². The predicted molar refractivity (Wildman–Crippen MR) is 75.4 cm³/mol. The standard InChI is InChI=1S/C13H17N3O2S/c14-11(19)13(4-7-18-8-5-13)12(17)16-9-10-3-1-2-6-15-10/h1-3,6H,4-5,7-9H2,(H2,14,19)(H,16,17). The maximum atomic E-state index is 12.4. The minimum Gasteiger partial charge on any atom is -0.392 e. The van der Waals surface area contributed by atoms with Gasteiger partial charge in [0.1, 0.15) is 5.41 Å². The van der Waals surface area contributed by atoms with Crippen LogP contribution in [0.3, 0.4) is 0 Å². The first-order chi connectivity index (χ1) is 9.15. The van der Waals surface area contributed by atoms with Crippen LogP contribution in [0.15, 0.2) is 24.4 Å². The number of hydrogen-bond acceptors (Lipinski definition) is 4. The van der Waals surface area contributed by atoms with Crippen LogP contribution in [0.1, 0.15) is 18.5 Å². The van der Waals surface area contributed by atoms with Gasteiger partial charge in [-0.3, -0.25) is 9.78 Å². The molecule has 1 fully saturated rings. The van der Waals surface area contributed by atoms with E-state index in [-0.39, 0.29) is 10.9 Å². The second-order valence-corrected chi connectivity index (χ2v) is 5.00. The van der Waals surface area contributed by atoms with Gasteiger partial charge in [-0.25, -0.2) is 0 Å². The van der Waals surface area contributed by atoms with Gasteiger partial charge in [0, 0.05) is 19.4 Å². The summed E-state index contributed by atoms with van der Waals surface area (Å²) in [6.07, 6.45) is 2.77. The minimum atomic E-state index is -0.775. The zero-order valence-electron chi connectivity index (χ0n) is 10.6. The summed E-state index contributed by atoms with van der Waals surface area (Å²) in [6.45, 7) is 1.40. The van der Waals surface area contributed by atoms with E-state index in [1.165, 1.54) is 0 Å². The van der Waals surface area contributed by atoms with E-state index in [0.717, 1.165) is 5.69 Å². The molecule has 19 heavy (non-hydrogen) atoms. The Labute approximate surface area is 117 Å². The quantitative estimate of drug-likeness (QED) is 0.797. The van der Waals surface area contributed by atoms with Crippen LogP contribution < -0.4 is 11.1 Å². The van der Waals surface area contributed by atoms with E-state index < -0.39 is 5.41 Å². The van der Waals surface area contributed by atoms with Crippen LogP contribution >= 0.6 is 12.2 Å². The van der Waals surface area contributed by atoms with Gasteiger partial charge in [0.2, 0.25) is 5.91 Å². The Morgan fingerprint density at radius 1 is 1.47 bits per heavy atom. The van der Waals surface area contributed by atoms with Gasteiger partial charge in [-0.05, 0) is 25.0 Å². The zero-order valence-corrected chi connectivity index (χ0v) is 11.4. The maximum absolute atomic E-state index is 12.4. The topological polar surface area (TPSA) is 77.2 Å². The molecule has 2 rings (SSSR count). The third-order valence-electron chi connectivity index (χ3n) is 3.41. The number of pyridine rings is 1. The van der Waals surface area contributed by atoms with Crippen molar-refractivity contribution in [1.82, 2.24) is 10.3 Å². The van der Waals surface area contributed by atoms with Gasteiger partial charge < -0.3 is 15.8 Å². The Balaban J connectivity index is 2.02. The second-order valence-electron chi connectivity index (χ2n) is 4.56. The normalized spacial score (nSPS) is 17.7. The Morgan fingerprint density at radius 3 is 2.79 bits per heavy atom. The van der Waals surface area contributed by atoms with Crippen LogP contribution in [0.5, 0.6) is 0 Å². The van der Waals surface area contributed by atoms with Crippen LogP contribution in [0.2, 0.25) is 0 Å². The highest BCUT2D eigenvalue weighted by Gasteiger charge is 2.42. The van der Waals surface area contributed by atoms with E-state index >= 15 is 0 Å². The molecule has 1 aliphatic rings. The molecular weight excluding hydrogens is 262 g/mol. The summed E-state index contributed by atoms with van der Waals surface area (Å²) in [7, 11) is 0. The number of carbonyl (C=O) groups excluding carboxylic acids is 1. The van der Waals surface area contributed by atoms with Crippen LogP contribution in [-0.2, 0) is 16.1 Å². The highest BCUT2D eigenvalue weighted by molar-refractivity contribution is 7.80. The van der Waals surface area contributed by atoms with Crippen LogP contribution in [0, 0.1) is 5.41 Å². The van der Waals surface area contributed by atoms with Crippen molar-refractivity contribution in [1.29, 1.82) is 0 Å². The lowest BCUT2D eigenvalue weighted by atomic mass is 9.79. The second kappa shape index (κ2) is 6.08. The highest BCUT2D eigenvalue weighted by atomic mass is 32.1. The van der Waals surface area contributed by atoms with Crippen LogP contribution in [-0.4, -0.2) is 29.1 Å². The SMILES string of the molecule is NC(=S)C1(C(=O)NCc2ccccn2)CCOCC1. The Kier molecular flexibility index (Phi) is 4.44. The number of aromatic nitrogens is 1.